The van der Waals surface area contributed by atoms with E-state index in [1.54, 1.807) is 0 Å². The van der Waals surface area contributed by atoms with Gasteiger partial charge in [0.1, 0.15) is 0 Å². The molecule has 0 aliphatic rings. The van der Waals surface area contributed by atoms with Crippen LogP contribution < -0.4 is 0 Å². The minimum atomic E-state index is -2.23. The van der Waals surface area contributed by atoms with E-state index in [1.165, 1.54) is 25.7 Å². The third-order valence-electron chi connectivity index (χ3n) is 5.60. The lowest BCUT2D eigenvalue weighted by Gasteiger charge is -2.36. The van der Waals surface area contributed by atoms with Crippen LogP contribution in [0, 0.1) is 0 Å². The molecule has 0 N–H and O–H groups in total. The highest BCUT2D eigenvalue weighted by molar-refractivity contribution is 6.73. The SMILES string of the molecule is CCCCO[Si](CCC)(CC[Si](CCC)(OCCCC)OCCCC)OCCCC. The molecule has 0 aliphatic heterocycles. The second-order valence-electron chi connectivity index (χ2n) is 8.63. The summed E-state index contributed by atoms with van der Waals surface area (Å²) in [6, 6.07) is 4.22. The zero-order valence-electron chi connectivity index (χ0n) is 21.4. The van der Waals surface area contributed by atoms with Crippen molar-refractivity contribution in [2.24, 2.45) is 0 Å². The van der Waals surface area contributed by atoms with Crippen molar-refractivity contribution >= 4 is 17.1 Å². The molecule has 0 aromatic carbocycles. The average Bonchev–Trinajstić information content (AvgIpc) is 2.73. The minimum Gasteiger partial charge on any atom is -0.394 e. The van der Waals surface area contributed by atoms with E-state index < -0.39 is 17.1 Å². The summed E-state index contributed by atoms with van der Waals surface area (Å²) in [5.41, 5.74) is 0. The first kappa shape index (κ1) is 30.3. The van der Waals surface area contributed by atoms with Crippen LogP contribution in [-0.2, 0) is 17.7 Å². The number of hydrogen-bond donors (Lipinski definition) is 0. The summed E-state index contributed by atoms with van der Waals surface area (Å²) in [5.74, 6) is 0. The van der Waals surface area contributed by atoms with Crippen molar-refractivity contribution in [3.63, 3.8) is 0 Å². The zero-order chi connectivity index (χ0) is 22.6. The highest BCUT2D eigenvalue weighted by Gasteiger charge is 2.44. The molecular weight excluding hydrogens is 408 g/mol. The van der Waals surface area contributed by atoms with Gasteiger partial charge < -0.3 is 17.7 Å². The summed E-state index contributed by atoms with van der Waals surface area (Å²) in [4.78, 5) is 0. The second kappa shape index (κ2) is 19.9. The van der Waals surface area contributed by atoms with E-state index in [4.69, 9.17) is 17.7 Å². The van der Waals surface area contributed by atoms with Gasteiger partial charge in [0.2, 0.25) is 0 Å². The van der Waals surface area contributed by atoms with Crippen molar-refractivity contribution in [2.75, 3.05) is 26.4 Å². The molecule has 0 unspecified atom stereocenters. The molecule has 0 aromatic heterocycles. The van der Waals surface area contributed by atoms with Crippen LogP contribution in [0.5, 0.6) is 0 Å². The minimum absolute atomic E-state index is 0.838. The molecule has 6 heteroatoms. The Bertz CT molecular complexity index is 315. The van der Waals surface area contributed by atoms with E-state index in [1.807, 2.05) is 0 Å². The molecule has 0 bridgehead atoms. The standard InChI is InChI=1S/C24H54O4Si2/c1-7-13-17-25-29(21-11-5,26-18-14-8-2)23-24-30(22-12-6,27-19-15-9-3)28-20-16-10-4/h7-24H2,1-6H3. The summed E-state index contributed by atoms with van der Waals surface area (Å²) in [5, 5.41) is 0. The fourth-order valence-corrected chi connectivity index (χ4v) is 12.1. The van der Waals surface area contributed by atoms with Gasteiger partial charge in [-0.25, -0.2) is 0 Å². The molecule has 0 atom stereocenters. The van der Waals surface area contributed by atoms with Crippen molar-refractivity contribution in [3.05, 3.63) is 0 Å². The van der Waals surface area contributed by atoms with Crippen LogP contribution >= 0.6 is 0 Å². The van der Waals surface area contributed by atoms with Gasteiger partial charge in [-0.15, -0.1) is 0 Å². The van der Waals surface area contributed by atoms with Gasteiger partial charge >= 0.3 is 17.1 Å². The first-order valence-corrected chi connectivity index (χ1v) is 17.6. The van der Waals surface area contributed by atoms with Gasteiger partial charge in [0.05, 0.1) is 0 Å². The Labute approximate surface area is 191 Å². The zero-order valence-corrected chi connectivity index (χ0v) is 23.4. The summed E-state index contributed by atoms with van der Waals surface area (Å²) in [7, 11) is -4.46. The van der Waals surface area contributed by atoms with Gasteiger partial charge in [0.15, 0.2) is 0 Å². The van der Waals surface area contributed by atoms with Crippen LogP contribution in [0.1, 0.15) is 106 Å². The lowest BCUT2D eigenvalue weighted by molar-refractivity contribution is 0.151. The molecule has 30 heavy (non-hydrogen) atoms. The van der Waals surface area contributed by atoms with Crippen molar-refractivity contribution in [3.8, 4) is 0 Å². The fourth-order valence-electron chi connectivity index (χ4n) is 3.66. The van der Waals surface area contributed by atoms with Gasteiger partial charge in [0.25, 0.3) is 0 Å². The summed E-state index contributed by atoms with van der Waals surface area (Å²) >= 11 is 0. The van der Waals surface area contributed by atoms with Crippen molar-refractivity contribution in [2.45, 2.75) is 130 Å². The summed E-state index contributed by atoms with van der Waals surface area (Å²) in [6.45, 7) is 16.8. The molecule has 0 aliphatic carbocycles. The lowest BCUT2D eigenvalue weighted by atomic mass is 10.4. The highest BCUT2D eigenvalue weighted by Crippen LogP contribution is 2.32. The van der Waals surface area contributed by atoms with Gasteiger partial charge in [0, 0.05) is 26.4 Å². The Morgan fingerprint density at radius 3 is 0.833 bits per heavy atom. The van der Waals surface area contributed by atoms with Gasteiger partial charge in [-0.1, -0.05) is 80.1 Å². The summed E-state index contributed by atoms with van der Waals surface area (Å²) in [6.07, 6.45) is 11.4. The molecule has 182 valence electrons. The predicted molar refractivity (Wildman–Crippen MR) is 135 cm³/mol. The Balaban J connectivity index is 5.40. The van der Waals surface area contributed by atoms with E-state index in [0.717, 1.165) is 89.1 Å². The van der Waals surface area contributed by atoms with Crippen molar-refractivity contribution in [1.29, 1.82) is 0 Å². The quantitative estimate of drug-likeness (QED) is 0.114. The Hall–Kier alpha value is 0.274. The van der Waals surface area contributed by atoms with Crippen molar-refractivity contribution in [1.82, 2.24) is 0 Å². The van der Waals surface area contributed by atoms with Crippen LogP contribution in [0.4, 0.5) is 0 Å². The predicted octanol–water partition coefficient (Wildman–Crippen LogP) is 7.96. The molecule has 0 rings (SSSR count). The van der Waals surface area contributed by atoms with Gasteiger partial charge in [-0.05, 0) is 49.9 Å². The Kier molecular flexibility index (Phi) is 20.1. The second-order valence-corrected chi connectivity index (χ2v) is 15.4. The molecule has 4 nitrogen and oxygen atoms in total. The molecular formula is C24H54O4Si2. The molecule has 0 spiro atoms. The van der Waals surface area contributed by atoms with E-state index in [9.17, 15) is 0 Å². The third-order valence-corrected chi connectivity index (χ3v) is 13.6. The van der Waals surface area contributed by atoms with Crippen LogP contribution in [0.25, 0.3) is 0 Å². The molecule has 0 fully saturated rings. The molecule has 0 radical (unpaired) electrons. The normalized spacial score (nSPS) is 12.6. The van der Waals surface area contributed by atoms with Crippen LogP contribution in [0.15, 0.2) is 0 Å². The first-order valence-electron chi connectivity index (χ1n) is 13.1. The van der Waals surface area contributed by atoms with Crippen LogP contribution in [-0.4, -0.2) is 43.5 Å². The van der Waals surface area contributed by atoms with E-state index in [2.05, 4.69) is 41.5 Å². The maximum absolute atomic E-state index is 6.61. The number of unbranched alkanes of at least 4 members (excludes halogenated alkanes) is 4. The highest BCUT2D eigenvalue weighted by atomic mass is 28.4. The van der Waals surface area contributed by atoms with Crippen LogP contribution in [0.2, 0.25) is 24.2 Å². The largest absolute Gasteiger partial charge is 0.394 e. The van der Waals surface area contributed by atoms with E-state index >= 15 is 0 Å². The number of rotatable bonds is 23. The molecule has 0 amide bonds. The lowest BCUT2D eigenvalue weighted by Crippen LogP contribution is -2.48. The third kappa shape index (κ3) is 13.6. The van der Waals surface area contributed by atoms with Gasteiger partial charge in [-0.3, -0.25) is 0 Å². The van der Waals surface area contributed by atoms with Crippen molar-refractivity contribution < 1.29 is 17.7 Å². The molecule has 0 saturated carbocycles. The molecule has 0 aromatic rings. The van der Waals surface area contributed by atoms with E-state index in [0.29, 0.717) is 0 Å². The van der Waals surface area contributed by atoms with Crippen LogP contribution in [0.3, 0.4) is 0 Å². The number of hydrogen-bond acceptors (Lipinski definition) is 4. The molecule has 0 heterocycles. The smallest absolute Gasteiger partial charge is 0.338 e. The molecule has 0 saturated heterocycles. The van der Waals surface area contributed by atoms with E-state index in [-0.39, 0.29) is 0 Å². The maximum Gasteiger partial charge on any atom is 0.338 e. The Morgan fingerprint density at radius 1 is 0.367 bits per heavy atom. The Morgan fingerprint density at radius 2 is 0.633 bits per heavy atom. The fraction of sp³-hybridized carbons (Fsp3) is 1.00. The maximum atomic E-state index is 6.61. The monoisotopic (exact) mass is 462 g/mol. The first-order chi connectivity index (χ1) is 14.6. The average molecular weight is 463 g/mol. The summed E-state index contributed by atoms with van der Waals surface area (Å²) < 4.78 is 26.4. The van der Waals surface area contributed by atoms with Gasteiger partial charge in [-0.2, -0.15) is 0 Å². The topological polar surface area (TPSA) is 36.9 Å².